The molecule has 0 aromatic heterocycles. The molecular weight excluding hydrogens is 583 g/mol. The number of nitrogens with two attached hydrogens (primary N) is 2. The number of likely N-dealkylation sites (N-methyl/N-ethyl adjacent to an activating group) is 1. The highest BCUT2D eigenvalue weighted by atomic mass is 79.9. The van der Waals surface area contributed by atoms with Gasteiger partial charge in [0, 0.05) is 40.6 Å². The summed E-state index contributed by atoms with van der Waals surface area (Å²) in [6.07, 6.45) is 1.87. The summed E-state index contributed by atoms with van der Waals surface area (Å²) < 4.78 is 7.24. The van der Waals surface area contributed by atoms with Crippen LogP contribution in [-0.4, -0.2) is 41.9 Å². The molecule has 0 fully saturated rings. The van der Waals surface area contributed by atoms with Gasteiger partial charge in [0.1, 0.15) is 11.2 Å². The third-order valence-corrected chi connectivity index (χ3v) is 7.65. The summed E-state index contributed by atoms with van der Waals surface area (Å²) in [7, 11) is 1.61. The van der Waals surface area contributed by atoms with Crippen LogP contribution < -0.4 is 21.7 Å². The predicted octanol–water partition coefficient (Wildman–Crippen LogP) is 4.69. The Hall–Kier alpha value is -3.34. The first-order chi connectivity index (χ1) is 17.6. The van der Waals surface area contributed by atoms with E-state index in [-0.39, 0.29) is 19.1 Å². The summed E-state index contributed by atoms with van der Waals surface area (Å²) in [5.74, 6) is 0.708. The van der Waals surface area contributed by atoms with Crippen molar-refractivity contribution in [2.24, 2.45) is 5.73 Å². The van der Waals surface area contributed by atoms with E-state index in [2.05, 4.69) is 21.2 Å². The highest BCUT2D eigenvalue weighted by Gasteiger charge is 2.39. The number of amides is 3. The van der Waals surface area contributed by atoms with Gasteiger partial charge in [0.25, 0.3) is 0 Å². The molecule has 3 amide bonds. The van der Waals surface area contributed by atoms with Gasteiger partial charge < -0.3 is 31.3 Å². The van der Waals surface area contributed by atoms with Gasteiger partial charge in [-0.1, -0.05) is 35.3 Å². The number of allylic oxidation sites excluding steroid dienone is 1. The van der Waals surface area contributed by atoms with Gasteiger partial charge in [-0.2, -0.15) is 0 Å². The zero-order chi connectivity index (χ0) is 26.9. The van der Waals surface area contributed by atoms with E-state index in [0.717, 1.165) is 16.0 Å². The molecule has 194 valence electrons. The molecular formula is C25H25BrCl2N6O3. The minimum absolute atomic E-state index is 0.0471. The smallest absolute Gasteiger partial charge is 0.312 e. The average Bonchev–Trinajstić information content (AvgIpc) is 3.11. The Morgan fingerprint density at radius 1 is 1.19 bits per heavy atom. The molecule has 2 aliphatic heterocycles. The van der Waals surface area contributed by atoms with Crippen molar-refractivity contribution < 1.29 is 14.3 Å². The Labute approximate surface area is 233 Å². The van der Waals surface area contributed by atoms with Gasteiger partial charge in [-0.05, 0) is 59.3 Å². The van der Waals surface area contributed by atoms with E-state index in [1.54, 1.807) is 31.3 Å². The predicted molar refractivity (Wildman–Crippen MR) is 148 cm³/mol. The quantitative estimate of drug-likeness (QED) is 0.310. The van der Waals surface area contributed by atoms with Crippen molar-refractivity contribution in [3.05, 3.63) is 91.7 Å². The van der Waals surface area contributed by atoms with Crippen LogP contribution in [0.5, 0.6) is 0 Å². The molecule has 0 radical (unpaired) electrons. The van der Waals surface area contributed by atoms with E-state index >= 15 is 0 Å². The van der Waals surface area contributed by atoms with E-state index in [1.807, 2.05) is 41.0 Å². The second kappa shape index (κ2) is 11.0. The molecule has 2 aromatic rings. The van der Waals surface area contributed by atoms with Gasteiger partial charge in [-0.25, -0.2) is 4.79 Å². The van der Waals surface area contributed by atoms with Crippen LogP contribution in [0.1, 0.15) is 12.5 Å². The number of nitrogens with zero attached hydrogens (tertiary/aromatic N) is 3. The van der Waals surface area contributed by atoms with Gasteiger partial charge in [0.2, 0.25) is 5.91 Å². The van der Waals surface area contributed by atoms with Crippen LogP contribution in [0.3, 0.4) is 0 Å². The first-order valence-corrected chi connectivity index (χ1v) is 12.7. The second-order valence-electron chi connectivity index (χ2n) is 8.32. The molecule has 12 heteroatoms. The Bertz CT molecular complexity index is 1340. The molecule has 0 atom stereocenters. The molecule has 37 heavy (non-hydrogen) atoms. The Morgan fingerprint density at radius 3 is 2.51 bits per heavy atom. The summed E-state index contributed by atoms with van der Waals surface area (Å²) >= 11 is 16.5. The standard InChI is InChI=1S/C25H25BrCl2N6O3/c1-14-23(26)33-10-9-20(32(2)21(35)12-31-25(30)36)22(37-13-17-18(27)7-4-8-19(17)28)24(33)34(14)16-6-3-5-15(29)11-16/h3-9,11H,10,12-13,29H2,1-2H3,(H3,30,31,36). The summed E-state index contributed by atoms with van der Waals surface area (Å²) in [6, 6.07) is 11.9. The number of rotatable bonds is 7. The van der Waals surface area contributed by atoms with Crippen LogP contribution in [-0.2, 0) is 16.1 Å². The first kappa shape index (κ1) is 26.7. The third kappa shape index (κ3) is 5.36. The Balaban J connectivity index is 1.81. The summed E-state index contributed by atoms with van der Waals surface area (Å²) in [6.45, 7) is 2.19. The maximum Gasteiger partial charge on any atom is 0.312 e. The number of primary amides is 1. The molecule has 2 aliphatic rings. The number of hydrogen-bond donors (Lipinski definition) is 3. The highest BCUT2D eigenvalue weighted by Crippen LogP contribution is 2.44. The summed E-state index contributed by atoms with van der Waals surface area (Å²) in [5, 5.41) is 3.25. The number of urea groups is 1. The number of fused-ring (bicyclic) bond motifs is 1. The number of hydrogen-bond acceptors (Lipinski definition) is 6. The van der Waals surface area contributed by atoms with E-state index in [9.17, 15) is 9.59 Å². The van der Waals surface area contributed by atoms with Crippen LogP contribution in [0, 0.1) is 0 Å². The first-order valence-electron chi connectivity index (χ1n) is 11.2. The molecule has 0 spiro atoms. The number of benzene rings is 2. The number of anilines is 2. The zero-order valence-electron chi connectivity index (χ0n) is 20.1. The van der Waals surface area contributed by atoms with Gasteiger partial charge >= 0.3 is 6.03 Å². The molecule has 0 saturated heterocycles. The van der Waals surface area contributed by atoms with Crippen molar-refractivity contribution in [2.75, 3.05) is 30.8 Å². The number of nitrogens with one attached hydrogen (secondary N) is 1. The van der Waals surface area contributed by atoms with E-state index in [4.69, 9.17) is 39.4 Å². The Kier molecular flexibility index (Phi) is 7.91. The molecule has 2 heterocycles. The fourth-order valence-corrected chi connectivity index (χ4v) is 5.07. The number of carbonyl (C=O) groups is 2. The molecule has 0 saturated carbocycles. The monoisotopic (exact) mass is 606 g/mol. The fourth-order valence-electron chi connectivity index (χ4n) is 4.07. The second-order valence-corrected chi connectivity index (χ2v) is 9.88. The molecule has 5 N–H and O–H groups in total. The highest BCUT2D eigenvalue weighted by molar-refractivity contribution is 9.11. The Morgan fingerprint density at radius 2 is 1.86 bits per heavy atom. The molecule has 0 bridgehead atoms. The van der Waals surface area contributed by atoms with Crippen LogP contribution in [0.15, 0.2) is 76.1 Å². The van der Waals surface area contributed by atoms with E-state index in [1.165, 1.54) is 4.90 Å². The number of halogens is 3. The van der Waals surface area contributed by atoms with Gasteiger partial charge in [0.15, 0.2) is 11.6 Å². The van der Waals surface area contributed by atoms with Crippen molar-refractivity contribution in [1.82, 2.24) is 15.1 Å². The van der Waals surface area contributed by atoms with Gasteiger partial charge in [-0.15, -0.1) is 0 Å². The lowest BCUT2D eigenvalue weighted by Crippen LogP contribution is -2.42. The minimum atomic E-state index is -0.791. The van der Waals surface area contributed by atoms with Crippen molar-refractivity contribution in [3.8, 4) is 0 Å². The van der Waals surface area contributed by atoms with Crippen LogP contribution in [0.4, 0.5) is 16.2 Å². The third-order valence-electron chi connectivity index (χ3n) is 5.94. The van der Waals surface area contributed by atoms with Crippen molar-refractivity contribution in [3.63, 3.8) is 0 Å². The molecule has 9 nitrogen and oxygen atoms in total. The lowest BCUT2D eigenvalue weighted by molar-refractivity contribution is -0.127. The molecule has 2 aromatic carbocycles. The van der Waals surface area contributed by atoms with Crippen molar-refractivity contribution >= 4 is 62.4 Å². The van der Waals surface area contributed by atoms with Crippen molar-refractivity contribution in [1.29, 1.82) is 0 Å². The van der Waals surface area contributed by atoms with E-state index < -0.39 is 6.03 Å². The number of nitrogen functional groups attached to an aromatic ring is 1. The fraction of sp³-hybridized carbons (Fsp3) is 0.200. The van der Waals surface area contributed by atoms with Crippen LogP contribution in [0.25, 0.3) is 0 Å². The minimum Gasteiger partial charge on any atom is -0.483 e. The number of carbonyl (C=O) groups excluding carboxylic acids is 2. The van der Waals surface area contributed by atoms with E-state index in [0.29, 0.717) is 45.1 Å². The summed E-state index contributed by atoms with van der Waals surface area (Å²) in [5.41, 5.74) is 14.7. The zero-order valence-corrected chi connectivity index (χ0v) is 23.2. The lowest BCUT2D eigenvalue weighted by atomic mass is 10.2. The maximum absolute atomic E-state index is 12.9. The van der Waals surface area contributed by atoms with Crippen molar-refractivity contribution in [2.45, 2.75) is 13.5 Å². The van der Waals surface area contributed by atoms with Gasteiger partial charge in [0.05, 0.1) is 17.9 Å². The van der Waals surface area contributed by atoms with Crippen LogP contribution >= 0.6 is 39.1 Å². The topological polar surface area (TPSA) is 117 Å². The molecule has 4 rings (SSSR count). The normalized spacial score (nSPS) is 15.0. The van der Waals surface area contributed by atoms with Crippen LogP contribution in [0.2, 0.25) is 10.0 Å². The molecule has 0 unspecified atom stereocenters. The summed E-state index contributed by atoms with van der Waals surface area (Å²) in [4.78, 5) is 29.5. The average molecular weight is 608 g/mol. The number of ether oxygens (including phenoxy) is 1. The SMILES string of the molecule is CC1=C(Br)N2CC=C(N(C)C(=O)CNC(N)=O)C(OCc3c(Cl)cccc3Cl)=C2N1c1cccc(N)c1. The molecule has 0 aliphatic carbocycles. The lowest BCUT2D eigenvalue weighted by Gasteiger charge is -2.35. The van der Waals surface area contributed by atoms with Gasteiger partial charge in [-0.3, -0.25) is 9.69 Å². The largest absolute Gasteiger partial charge is 0.483 e. The maximum atomic E-state index is 12.9.